The van der Waals surface area contributed by atoms with Crippen LogP contribution in [0.4, 0.5) is 8.78 Å². The number of nitrogens with zero attached hydrogens (tertiary/aromatic N) is 1. The first-order valence-corrected chi connectivity index (χ1v) is 6.10. The van der Waals surface area contributed by atoms with Crippen LogP contribution in [0.25, 0.3) is 0 Å². The van der Waals surface area contributed by atoms with Gasteiger partial charge in [-0.25, -0.2) is 8.78 Å². The molecule has 0 aliphatic rings. The van der Waals surface area contributed by atoms with Crippen molar-refractivity contribution in [1.82, 2.24) is 4.98 Å². The minimum absolute atomic E-state index is 0.131. The lowest BCUT2D eigenvalue weighted by molar-refractivity contribution is -0.142. The molecule has 7 heteroatoms. The summed E-state index contributed by atoms with van der Waals surface area (Å²) < 4.78 is 30.8. The van der Waals surface area contributed by atoms with Gasteiger partial charge in [0.25, 0.3) is 6.43 Å². The molecule has 0 bridgehead atoms. The van der Waals surface area contributed by atoms with E-state index in [0.29, 0.717) is 10.0 Å². The monoisotopic (exact) mass is 322 g/mol. The summed E-state index contributed by atoms with van der Waals surface area (Å²) in [7, 11) is 0. The molecule has 2 N–H and O–H groups in total. The molecule has 1 heterocycles. The molecular weight excluding hydrogens is 310 g/mol. The molecule has 0 atom stereocenters. The fourth-order valence-corrected chi connectivity index (χ4v) is 2.05. The lowest BCUT2D eigenvalue weighted by atomic mass is 10.1. The molecule has 4 nitrogen and oxygen atoms in total. The van der Waals surface area contributed by atoms with Crippen molar-refractivity contribution in [3.05, 3.63) is 27.5 Å². The molecule has 0 fully saturated rings. The Morgan fingerprint density at radius 3 is 2.78 bits per heavy atom. The van der Waals surface area contributed by atoms with E-state index in [1.54, 1.807) is 6.92 Å². The molecule has 0 saturated heterocycles. The number of halogens is 3. The van der Waals surface area contributed by atoms with Crippen LogP contribution in [0.15, 0.2) is 10.7 Å². The second kappa shape index (κ2) is 6.75. The van der Waals surface area contributed by atoms with Crippen molar-refractivity contribution in [2.24, 2.45) is 5.73 Å². The van der Waals surface area contributed by atoms with Gasteiger partial charge in [-0.05, 0) is 12.5 Å². The van der Waals surface area contributed by atoms with Crippen molar-refractivity contribution < 1.29 is 18.3 Å². The maximum atomic E-state index is 12.8. The first kappa shape index (κ1) is 15.0. The van der Waals surface area contributed by atoms with Gasteiger partial charge in [0.1, 0.15) is 5.69 Å². The van der Waals surface area contributed by atoms with E-state index in [9.17, 15) is 13.6 Å². The third-order valence-electron chi connectivity index (χ3n) is 2.27. The number of hydrogen-bond donors (Lipinski definition) is 1. The summed E-state index contributed by atoms with van der Waals surface area (Å²) in [6, 6.07) is 0. The van der Waals surface area contributed by atoms with Gasteiger partial charge >= 0.3 is 5.97 Å². The molecule has 0 aliphatic heterocycles. The molecule has 0 spiro atoms. The number of alkyl halides is 2. The van der Waals surface area contributed by atoms with E-state index in [-0.39, 0.29) is 25.1 Å². The second-order valence-electron chi connectivity index (χ2n) is 3.45. The van der Waals surface area contributed by atoms with E-state index in [0.717, 1.165) is 0 Å². The van der Waals surface area contributed by atoms with Gasteiger partial charge in [0, 0.05) is 22.8 Å². The first-order chi connectivity index (χ1) is 8.51. The van der Waals surface area contributed by atoms with Crippen LogP contribution >= 0.6 is 15.9 Å². The molecular formula is C11H13BrF2N2O2. The summed E-state index contributed by atoms with van der Waals surface area (Å²) in [6.07, 6.45) is -1.73. The van der Waals surface area contributed by atoms with Gasteiger partial charge in [0.2, 0.25) is 0 Å². The zero-order valence-corrected chi connectivity index (χ0v) is 11.3. The lowest BCUT2D eigenvalue weighted by Gasteiger charge is -2.12. The Hall–Kier alpha value is -1.08. The lowest BCUT2D eigenvalue weighted by Crippen LogP contribution is -2.13. The summed E-state index contributed by atoms with van der Waals surface area (Å²) >= 11 is 3.18. The molecule has 0 radical (unpaired) electrons. The van der Waals surface area contributed by atoms with Crippen molar-refractivity contribution in [2.75, 3.05) is 6.61 Å². The van der Waals surface area contributed by atoms with Crippen molar-refractivity contribution >= 4 is 21.9 Å². The molecule has 0 amide bonds. The average molecular weight is 323 g/mol. The third kappa shape index (κ3) is 3.46. The van der Waals surface area contributed by atoms with E-state index in [1.807, 2.05) is 0 Å². The number of carbonyl (C=O) groups excluding carboxylic acids is 1. The van der Waals surface area contributed by atoms with Gasteiger partial charge in [-0.3, -0.25) is 9.78 Å². The molecule has 1 aromatic rings. The maximum absolute atomic E-state index is 12.8. The minimum atomic E-state index is -2.75. The predicted octanol–water partition coefficient (Wildman–Crippen LogP) is 2.35. The van der Waals surface area contributed by atoms with Crippen LogP contribution in [0.3, 0.4) is 0 Å². The number of hydrogen-bond acceptors (Lipinski definition) is 4. The zero-order valence-electron chi connectivity index (χ0n) is 9.75. The van der Waals surface area contributed by atoms with E-state index in [2.05, 4.69) is 20.9 Å². The fraction of sp³-hybridized carbons (Fsp3) is 0.455. The number of rotatable bonds is 5. The largest absolute Gasteiger partial charge is 0.466 e. The Balaban J connectivity index is 3.15. The Morgan fingerprint density at radius 1 is 1.61 bits per heavy atom. The van der Waals surface area contributed by atoms with Gasteiger partial charge in [0.15, 0.2) is 0 Å². The highest BCUT2D eigenvalue weighted by Crippen LogP contribution is 2.30. The van der Waals surface area contributed by atoms with Crippen molar-refractivity contribution in [1.29, 1.82) is 0 Å². The Kier molecular flexibility index (Phi) is 5.61. The van der Waals surface area contributed by atoms with Crippen molar-refractivity contribution in [3.63, 3.8) is 0 Å². The summed E-state index contributed by atoms with van der Waals surface area (Å²) in [4.78, 5) is 15.0. The van der Waals surface area contributed by atoms with Crippen LogP contribution in [0.5, 0.6) is 0 Å². The number of nitrogens with two attached hydrogens (primary N) is 1. The molecule has 100 valence electrons. The number of carbonyl (C=O) groups is 1. The predicted molar refractivity (Wildman–Crippen MR) is 65.1 cm³/mol. The Bertz CT molecular complexity index is 441. The van der Waals surface area contributed by atoms with E-state index < -0.39 is 18.1 Å². The highest BCUT2D eigenvalue weighted by atomic mass is 79.9. The topological polar surface area (TPSA) is 65.2 Å². The smallest absolute Gasteiger partial charge is 0.310 e. The Morgan fingerprint density at radius 2 is 2.28 bits per heavy atom. The fourth-order valence-electron chi connectivity index (χ4n) is 1.44. The summed E-state index contributed by atoms with van der Waals surface area (Å²) in [5.41, 5.74) is 5.74. The van der Waals surface area contributed by atoms with Gasteiger partial charge in [-0.2, -0.15) is 0 Å². The summed E-state index contributed by atoms with van der Waals surface area (Å²) in [6.45, 7) is 1.99. The number of esters is 1. The standard InChI is InChI=1S/C11H13BrF2N2O2/c1-2-18-8(17)3-7-9(12)6(4-15)5-16-10(7)11(13)14/h5,11H,2-4,15H2,1H3. The van der Waals surface area contributed by atoms with Crippen LogP contribution in [-0.2, 0) is 22.5 Å². The molecule has 0 saturated carbocycles. The minimum Gasteiger partial charge on any atom is -0.466 e. The number of pyridine rings is 1. The van der Waals surface area contributed by atoms with E-state index in [1.165, 1.54) is 6.20 Å². The normalized spacial score (nSPS) is 10.8. The van der Waals surface area contributed by atoms with Gasteiger partial charge in [-0.1, -0.05) is 15.9 Å². The van der Waals surface area contributed by atoms with Crippen LogP contribution in [0.1, 0.15) is 30.2 Å². The van der Waals surface area contributed by atoms with Crippen LogP contribution in [0, 0.1) is 0 Å². The second-order valence-corrected chi connectivity index (χ2v) is 4.24. The quantitative estimate of drug-likeness (QED) is 0.845. The Labute approximate surface area is 112 Å². The molecule has 1 rings (SSSR count). The maximum Gasteiger partial charge on any atom is 0.310 e. The number of aromatic nitrogens is 1. The first-order valence-electron chi connectivity index (χ1n) is 5.31. The number of ether oxygens (including phenoxy) is 1. The summed E-state index contributed by atoms with van der Waals surface area (Å²) in [5, 5.41) is 0. The van der Waals surface area contributed by atoms with Gasteiger partial charge in [-0.15, -0.1) is 0 Å². The third-order valence-corrected chi connectivity index (χ3v) is 3.26. The summed E-state index contributed by atoms with van der Waals surface area (Å²) in [5.74, 6) is -0.573. The molecule has 0 aliphatic carbocycles. The average Bonchev–Trinajstić information content (AvgIpc) is 2.31. The molecule has 0 unspecified atom stereocenters. The zero-order chi connectivity index (χ0) is 13.7. The van der Waals surface area contributed by atoms with E-state index >= 15 is 0 Å². The van der Waals surface area contributed by atoms with E-state index in [4.69, 9.17) is 10.5 Å². The molecule has 0 aromatic carbocycles. The van der Waals surface area contributed by atoms with Crippen LogP contribution < -0.4 is 5.73 Å². The van der Waals surface area contributed by atoms with Crippen LogP contribution in [-0.4, -0.2) is 17.6 Å². The van der Waals surface area contributed by atoms with Gasteiger partial charge < -0.3 is 10.5 Å². The molecule has 1 aromatic heterocycles. The van der Waals surface area contributed by atoms with Crippen molar-refractivity contribution in [2.45, 2.75) is 26.3 Å². The SMILES string of the molecule is CCOC(=O)Cc1c(C(F)F)ncc(CN)c1Br. The van der Waals surface area contributed by atoms with Crippen molar-refractivity contribution in [3.8, 4) is 0 Å². The molecule has 18 heavy (non-hydrogen) atoms. The van der Waals surface area contributed by atoms with Gasteiger partial charge in [0.05, 0.1) is 13.0 Å². The highest BCUT2D eigenvalue weighted by Gasteiger charge is 2.21. The highest BCUT2D eigenvalue weighted by molar-refractivity contribution is 9.10. The van der Waals surface area contributed by atoms with Crippen LogP contribution in [0.2, 0.25) is 0 Å².